The quantitative estimate of drug-likeness (QED) is 0.770. The Morgan fingerprint density at radius 1 is 1.59 bits per heavy atom. The summed E-state index contributed by atoms with van der Waals surface area (Å²) >= 11 is 0. The van der Waals surface area contributed by atoms with Gasteiger partial charge >= 0.3 is 5.97 Å². The molecular formula is C11H18N4O2. The third kappa shape index (κ3) is 3.51. The number of hydrogen-bond acceptors (Lipinski definition) is 4. The van der Waals surface area contributed by atoms with E-state index in [4.69, 9.17) is 5.11 Å². The van der Waals surface area contributed by atoms with Gasteiger partial charge in [0, 0.05) is 19.4 Å². The van der Waals surface area contributed by atoms with Gasteiger partial charge in [0.15, 0.2) is 5.82 Å². The van der Waals surface area contributed by atoms with Crippen LogP contribution in [0.1, 0.15) is 38.4 Å². The van der Waals surface area contributed by atoms with E-state index >= 15 is 0 Å². The van der Waals surface area contributed by atoms with Crippen molar-refractivity contribution >= 4 is 5.97 Å². The van der Waals surface area contributed by atoms with Gasteiger partial charge < -0.3 is 5.11 Å². The summed E-state index contributed by atoms with van der Waals surface area (Å²) in [7, 11) is 0. The summed E-state index contributed by atoms with van der Waals surface area (Å²) in [6.07, 6.45) is 4.46. The summed E-state index contributed by atoms with van der Waals surface area (Å²) in [5.41, 5.74) is 0. The molecule has 1 heterocycles. The zero-order valence-corrected chi connectivity index (χ0v) is 10.0. The number of hydrogen-bond donors (Lipinski definition) is 1. The predicted molar refractivity (Wildman–Crippen MR) is 60.3 cm³/mol. The Morgan fingerprint density at radius 2 is 2.35 bits per heavy atom. The molecule has 0 amide bonds. The monoisotopic (exact) mass is 238 g/mol. The molecule has 1 fully saturated rings. The van der Waals surface area contributed by atoms with Crippen molar-refractivity contribution in [3.8, 4) is 0 Å². The zero-order chi connectivity index (χ0) is 12.3. The van der Waals surface area contributed by atoms with E-state index in [0.29, 0.717) is 6.54 Å². The molecule has 0 radical (unpaired) electrons. The van der Waals surface area contributed by atoms with Gasteiger partial charge in [0.1, 0.15) is 0 Å². The van der Waals surface area contributed by atoms with Crippen LogP contribution in [0.15, 0.2) is 0 Å². The molecule has 0 bridgehead atoms. The van der Waals surface area contributed by atoms with E-state index in [1.807, 2.05) is 6.92 Å². The van der Waals surface area contributed by atoms with Crippen LogP contribution >= 0.6 is 0 Å². The van der Waals surface area contributed by atoms with Gasteiger partial charge in [-0.1, -0.05) is 13.3 Å². The van der Waals surface area contributed by atoms with E-state index in [9.17, 15) is 4.79 Å². The molecule has 0 spiro atoms. The summed E-state index contributed by atoms with van der Waals surface area (Å²) in [5, 5.41) is 20.5. The van der Waals surface area contributed by atoms with Crippen molar-refractivity contribution in [3.05, 3.63) is 5.82 Å². The number of rotatable bonds is 7. The van der Waals surface area contributed by atoms with Crippen LogP contribution in [0, 0.1) is 11.8 Å². The van der Waals surface area contributed by atoms with Crippen LogP contribution in [-0.4, -0.2) is 31.3 Å². The fourth-order valence-electron chi connectivity index (χ4n) is 1.92. The number of carboxylic acid groups (broad SMARTS) is 1. The number of carbonyl (C=O) groups is 1. The van der Waals surface area contributed by atoms with Crippen molar-refractivity contribution in [1.29, 1.82) is 0 Å². The summed E-state index contributed by atoms with van der Waals surface area (Å²) in [5.74, 6) is 0.984. The second-order valence-corrected chi connectivity index (χ2v) is 4.80. The standard InChI is InChI=1S/C11H18N4O2/c1-2-8(6-11(16)17)7-15-10(12-13-14-15)5-9-3-4-9/h8-9H,2-7H2,1H3,(H,16,17). The summed E-state index contributed by atoms with van der Waals surface area (Å²) in [4.78, 5) is 10.7. The summed E-state index contributed by atoms with van der Waals surface area (Å²) < 4.78 is 1.77. The van der Waals surface area contributed by atoms with Gasteiger partial charge in [0.05, 0.1) is 0 Å². The molecule has 0 aromatic carbocycles. The molecule has 1 unspecified atom stereocenters. The Bertz CT molecular complexity index is 387. The lowest BCUT2D eigenvalue weighted by Gasteiger charge is -2.12. The highest BCUT2D eigenvalue weighted by molar-refractivity contribution is 5.66. The number of aromatic nitrogens is 4. The molecule has 2 rings (SSSR count). The van der Waals surface area contributed by atoms with Gasteiger partial charge in [0.2, 0.25) is 0 Å². The first kappa shape index (κ1) is 12.0. The molecule has 6 nitrogen and oxygen atoms in total. The van der Waals surface area contributed by atoms with Crippen LogP contribution in [0.25, 0.3) is 0 Å². The van der Waals surface area contributed by atoms with Crippen molar-refractivity contribution in [3.63, 3.8) is 0 Å². The Kier molecular flexibility index (Phi) is 3.71. The van der Waals surface area contributed by atoms with Gasteiger partial charge in [-0.25, -0.2) is 4.68 Å². The Morgan fingerprint density at radius 3 is 2.94 bits per heavy atom. The fourth-order valence-corrected chi connectivity index (χ4v) is 1.92. The maximum absolute atomic E-state index is 10.7. The van der Waals surface area contributed by atoms with Crippen LogP contribution < -0.4 is 0 Å². The molecule has 0 saturated heterocycles. The molecule has 1 saturated carbocycles. The van der Waals surface area contributed by atoms with Crippen LogP contribution in [0.2, 0.25) is 0 Å². The highest BCUT2D eigenvalue weighted by atomic mass is 16.4. The Labute approximate surface area is 100 Å². The van der Waals surface area contributed by atoms with Crippen molar-refractivity contribution in [2.45, 2.75) is 45.6 Å². The van der Waals surface area contributed by atoms with Crippen molar-refractivity contribution in [1.82, 2.24) is 20.2 Å². The Balaban J connectivity index is 1.95. The number of aliphatic carboxylic acids is 1. The van der Waals surface area contributed by atoms with Gasteiger partial charge in [-0.2, -0.15) is 0 Å². The minimum atomic E-state index is -0.756. The van der Waals surface area contributed by atoms with Crippen molar-refractivity contribution in [2.75, 3.05) is 0 Å². The van der Waals surface area contributed by atoms with Crippen LogP contribution in [0.3, 0.4) is 0 Å². The van der Waals surface area contributed by atoms with Crippen LogP contribution in [0.4, 0.5) is 0 Å². The molecule has 1 aromatic rings. The number of carboxylic acids is 1. The molecule has 0 aliphatic heterocycles. The summed E-state index contributed by atoms with van der Waals surface area (Å²) in [6, 6.07) is 0. The topological polar surface area (TPSA) is 80.9 Å². The molecule has 94 valence electrons. The third-order valence-electron chi connectivity index (χ3n) is 3.25. The Hall–Kier alpha value is -1.46. The largest absolute Gasteiger partial charge is 0.481 e. The fraction of sp³-hybridized carbons (Fsp3) is 0.818. The first-order chi connectivity index (χ1) is 8.19. The first-order valence-electron chi connectivity index (χ1n) is 6.15. The normalized spacial score (nSPS) is 17.0. The van der Waals surface area contributed by atoms with E-state index < -0.39 is 5.97 Å². The molecule has 1 aromatic heterocycles. The minimum absolute atomic E-state index is 0.106. The van der Waals surface area contributed by atoms with E-state index in [1.165, 1.54) is 12.8 Å². The number of nitrogens with zero attached hydrogens (tertiary/aromatic N) is 4. The van der Waals surface area contributed by atoms with Crippen molar-refractivity contribution < 1.29 is 9.90 Å². The van der Waals surface area contributed by atoms with Crippen LogP contribution in [0.5, 0.6) is 0 Å². The highest BCUT2D eigenvalue weighted by Crippen LogP contribution is 2.31. The number of tetrazole rings is 1. The average molecular weight is 238 g/mol. The average Bonchev–Trinajstić information content (AvgIpc) is 2.98. The summed E-state index contributed by atoms with van der Waals surface area (Å²) in [6.45, 7) is 2.61. The SMILES string of the molecule is CCC(CC(=O)O)Cn1nnnc1CC1CC1. The molecular weight excluding hydrogens is 220 g/mol. The van der Waals surface area contributed by atoms with Gasteiger partial charge in [-0.05, 0) is 35.1 Å². The van der Waals surface area contributed by atoms with E-state index in [-0.39, 0.29) is 12.3 Å². The van der Waals surface area contributed by atoms with E-state index in [1.54, 1.807) is 4.68 Å². The smallest absolute Gasteiger partial charge is 0.303 e. The molecule has 1 aliphatic carbocycles. The lowest BCUT2D eigenvalue weighted by atomic mass is 10.0. The van der Waals surface area contributed by atoms with Gasteiger partial charge in [-0.15, -0.1) is 5.10 Å². The maximum Gasteiger partial charge on any atom is 0.303 e. The van der Waals surface area contributed by atoms with E-state index in [0.717, 1.165) is 24.6 Å². The molecule has 1 aliphatic rings. The van der Waals surface area contributed by atoms with Gasteiger partial charge in [0.25, 0.3) is 0 Å². The highest BCUT2D eigenvalue weighted by Gasteiger charge is 2.25. The van der Waals surface area contributed by atoms with Crippen molar-refractivity contribution in [2.24, 2.45) is 11.8 Å². The maximum atomic E-state index is 10.7. The van der Waals surface area contributed by atoms with Crippen LogP contribution in [-0.2, 0) is 17.8 Å². The second kappa shape index (κ2) is 5.25. The zero-order valence-electron chi connectivity index (χ0n) is 10.0. The van der Waals surface area contributed by atoms with E-state index in [2.05, 4.69) is 15.5 Å². The molecule has 17 heavy (non-hydrogen) atoms. The lowest BCUT2D eigenvalue weighted by Crippen LogP contribution is -2.17. The molecule has 1 N–H and O–H groups in total. The molecule has 1 atom stereocenters. The first-order valence-corrected chi connectivity index (χ1v) is 6.15. The lowest BCUT2D eigenvalue weighted by molar-refractivity contribution is -0.138. The molecule has 6 heteroatoms. The second-order valence-electron chi connectivity index (χ2n) is 4.80. The van der Waals surface area contributed by atoms with Gasteiger partial charge in [-0.3, -0.25) is 4.79 Å². The third-order valence-corrected chi connectivity index (χ3v) is 3.25. The minimum Gasteiger partial charge on any atom is -0.481 e. The predicted octanol–water partition coefficient (Wildman–Crippen LogP) is 1.13.